The van der Waals surface area contributed by atoms with E-state index in [9.17, 15) is 18.0 Å². The van der Waals surface area contributed by atoms with Crippen molar-refractivity contribution >= 4 is 22.7 Å². The normalized spacial score (nSPS) is 11.0. The van der Waals surface area contributed by atoms with Crippen molar-refractivity contribution in [3.05, 3.63) is 58.3 Å². The van der Waals surface area contributed by atoms with Gasteiger partial charge in [-0.3, -0.25) is 9.36 Å². The van der Waals surface area contributed by atoms with Crippen LogP contribution in [0, 0.1) is 17.5 Å². The van der Waals surface area contributed by atoms with Crippen LogP contribution < -0.4 is 10.9 Å². The Kier molecular flexibility index (Phi) is 4.20. The molecule has 5 nitrogen and oxygen atoms in total. The zero-order chi connectivity index (χ0) is 17.3. The van der Waals surface area contributed by atoms with Crippen LogP contribution in [-0.2, 0) is 6.54 Å². The molecule has 24 heavy (non-hydrogen) atoms. The Morgan fingerprint density at radius 1 is 1.17 bits per heavy atom. The molecule has 3 aromatic rings. The molecule has 0 saturated heterocycles. The minimum Gasteiger partial charge on any atom is -0.324 e. The van der Waals surface area contributed by atoms with E-state index in [1.54, 1.807) is 6.07 Å². The molecule has 3 rings (SSSR count). The molecule has 0 aliphatic heterocycles. The summed E-state index contributed by atoms with van der Waals surface area (Å²) in [4.78, 5) is 20.2. The minimum absolute atomic E-state index is 0.0360. The van der Waals surface area contributed by atoms with Crippen LogP contribution in [0.2, 0.25) is 0 Å². The van der Waals surface area contributed by atoms with Gasteiger partial charge in [-0.15, -0.1) is 0 Å². The van der Waals surface area contributed by atoms with Crippen molar-refractivity contribution in [3.8, 4) is 0 Å². The lowest BCUT2D eigenvalue weighted by atomic mass is 10.3. The molecule has 0 fully saturated rings. The quantitative estimate of drug-likeness (QED) is 0.743. The summed E-state index contributed by atoms with van der Waals surface area (Å²) >= 11 is 0. The Hall–Kier alpha value is -2.90. The van der Waals surface area contributed by atoms with E-state index in [1.165, 1.54) is 16.8 Å². The van der Waals surface area contributed by atoms with Gasteiger partial charge < -0.3 is 5.32 Å². The first-order valence-corrected chi connectivity index (χ1v) is 7.27. The van der Waals surface area contributed by atoms with Crippen molar-refractivity contribution < 1.29 is 13.2 Å². The summed E-state index contributed by atoms with van der Waals surface area (Å²) in [5.41, 5.74) is 0.170. The molecule has 0 radical (unpaired) electrons. The van der Waals surface area contributed by atoms with Gasteiger partial charge in [-0.05, 0) is 12.5 Å². The van der Waals surface area contributed by atoms with Gasteiger partial charge in [-0.2, -0.15) is 4.98 Å². The number of fused-ring (bicyclic) bond motifs is 1. The third-order valence-electron chi connectivity index (χ3n) is 3.41. The SMILES string of the molecule is CCCn1c(=O)ccc2cnc(Nc3cc(F)c(F)c(F)c3)nc21. The molecule has 1 N–H and O–H groups in total. The summed E-state index contributed by atoms with van der Waals surface area (Å²) in [5, 5.41) is 3.27. The van der Waals surface area contributed by atoms with E-state index in [0.29, 0.717) is 17.6 Å². The number of pyridine rings is 1. The van der Waals surface area contributed by atoms with Crippen LogP contribution in [0.3, 0.4) is 0 Å². The van der Waals surface area contributed by atoms with Crippen molar-refractivity contribution in [2.75, 3.05) is 5.32 Å². The number of nitrogens with zero attached hydrogens (tertiary/aromatic N) is 3. The average Bonchev–Trinajstić information content (AvgIpc) is 2.55. The first-order chi connectivity index (χ1) is 11.5. The van der Waals surface area contributed by atoms with Crippen molar-refractivity contribution in [3.63, 3.8) is 0 Å². The highest BCUT2D eigenvalue weighted by molar-refractivity contribution is 5.75. The molecule has 0 bridgehead atoms. The fourth-order valence-electron chi connectivity index (χ4n) is 2.33. The molecule has 0 spiro atoms. The first-order valence-electron chi connectivity index (χ1n) is 7.27. The number of aryl methyl sites for hydroxylation is 1. The highest BCUT2D eigenvalue weighted by atomic mass is 19.2. The smallest absolute Gasteiger partial charge is 0.252 e. The third-order valence-corrected chi connectivity index (χ3v) is 3.41. The molecular weight excluding hydrogens is 321 g/mol. The lowest BCUT2D eigenvalue weighted by molar-refractivity contribution is 0.448. The molecule has 0 aliphatic rings. The van der Waals surface area contributed by atoms with Crippen LogP contribution in [0.4, 0.5) is 24.8 Å². The number of benzene rings is 1. The van der Waals surface area contributed by atoms with Crippen LogP contribution in [0.1, 0.15) is 13.3 Å². The summed E-state index contributed by atoms with van der Waals surface area (Å²) in [5.74, 6) is -4.14. The largest absolute Gasteiger partial charge is 0.324 e. The van der Waals surface area contributed by atoms with Crippen LogP contribution >= 0.6 is 0 Å². The number of aromatic nitrogens is 3. The molecule has 2 aromatic heterocycles. The highest BCUT2D eigenvalue weighted by Crippen LogP contribution is 2.20. The number of rotatable bonds is 4. The van der Waals surface area contributed by atoms with Crippen LogP contribution in [0.25, 0.3) is 11.0 Å². The van der Waals surface area contributed by atoms with Crippen LogP contribution in [0.5, 0.6) is 0 Å². The zero-order valence-corrected chi connectivity index (χ0v) is 12.7. The van der Waals surface area contributed by atoms with Gasteiger partial charge in [0.15, 0.2) is 17.5 Å². The Balaban J connectivity index is 2.04. The maximum absolute atomic E-state index is 13.3. The number of nitrogens with one attached hydrogen (secondary N) is 1. The lowest BCUT2D eigenvalue weighted by Crippen LogP contribution is -2.20. The summed E-state index contributed by atoms with van der Waals surface area (Å²) in [6.45, 7) is 2.40. The van der Waals surface area contributed by atoms with Crippen molar-refractivity contribution in [2.45, 2.75) is 19.9 Å². The molecule has 0 unspecified atom stereocenters. The van der Waals surface area contributed by atoms with Gasteiger partial charge in [-0.1, -0.05) is 6.92 Å². The van der Waals surface area contributed by atoms with Crippen LogP contribution in [-0.4, -0.2) is 14.5 Å². The number of halogens is 3. The Bertz CT molecular complexity index is 948. The summed E-state index contributed by atoms with van der Waals surface area (Å²) < 4.78 is 41.0. The average molecular weight is 334 g/mol. The zero-order valence-electron chi connectivity index (χ0n) is 12.7. The molecule has 2 heterocycles. The molecule has 0 aliphatic carbocycles. The summed E-state index contributed by atoms with van der Waals surface area (Å²) in [7, 11) is 0. The molecule has 8 heteroatoms. The van der Waals surface area contributed by atoms with Gasteiger partial charge >= 0.3 is 0 Å². The third kappa shape index (κ3) is 2.94. The fourth-order valence-corrected chi connectivity index (χ4v) is 2.33. The van der Waals surface area contributed by atoms with Gasteiger partial charge in [0.1, 0.15) is 5.65 Å². The lowest BCUT2D eigenvalue weighted by Gasteiger charge is -2.10. The predicted octanol–water partition coefficient (Wildman–Crippen LogP) is 3.36. The fraction of sp³-hybridized carbons (Fsp3) is 0.188. The van der Waals surface area contributed by atoms with Crippen molar-refractivity contribution in [2.24, 2.45) is 0 Å². The molecule has 124 valence electrons. The Labute approximate surface area is 134 Å². The van der Waals surface area contributed by atoms with E-state index in [0.717, 1.165) is 18.6 Å². The van der Waals surface area contributed by atoms with E-state index in [4.69, 9.17) is 0 Å². The Morgan fingerprint density at radius 2 is 1.88 bits per heavy atom. The van der Waals surface area contributed by atoms with Crippen LogP contribution in [0.15, 0.2) is 35.3 Å². The molecule has 1 aromatic carbocycles. The highest BCUT2D eigenvalue weighted by Gasteiger charge is 2.12. The van der Waals surface area contributed by atoms with Gasteiger partial charge in [0.05, 0.1) is 0 Å². The first kappa shape index (κ1) is 16.0. The number of hydrogen-bond donors (Lipinski definition) is 1. The standard InChI is InChI=1S/C16H13F3N4O/c1-2-5-23-13(24)4-3-9-8-20-16(22-15(9)23)21-10-6-11(17)14(19)12(18)7-10/h3-4,6-8H,2,5H2,1H3,(H,20,21,22). The topological polar surface area (TPSA) is 59.8 Å². The van der Waals surface area contributed by atoms with Gasteiger partial charge in [0, 0.05) is 42.0 Å². The molecule has 0 amide bonds. The maximum Gasteiger partial charge on any atom is 0.252 e. The second-order valence-electron chi connectivity index (χ2n) is 5.17. The number of hydrogen-bond acceptors (Lipinski definition) is 4. The molecule has 0 saturated carbocycles. The second-order valence-corrected chi connectivity index (χ2v) is 5.17. The van der Waals surface area contributed by atoms with E-state index in [2.05, 4.69) is 15.3 Å². The van der Waals surface area contributed by atoms with Crippen molar-refractivity contribution in [1.29, 1.82) is 0 Å². The maximum atomic E-state index is 13.3. The predicted molar refractivity (Wildman–Crippen MR) is 83.7 cm³/mol. The summed E-state index contributed by atoms with van der Waals surface area (Å²) in [6.07, 6.45) is 2.23. The van der Waals surface area contributed by atoms with E-state index in [1.807, 2.05) is 6.92 Å². The van der Waals surface area contributed by atoms with Gasteiger partial charge in [0.2, 0.25) is 5.95 Å². The van der Waals surface area contributed by atoms with E-state index >= 15 is 0 Å². The molecular formula is C16H13F3N4O. The monoisotopic (exact) mass is 334 g/mol. The number of anilines is 2. The second kappa shape index (κ2) is 6.31. The molecule has 0 atom stereocenters. The van der Waals surface area contributed by atoms with E-state index in [-0.39, 0.29) is 17.2 Å². The minimum atomic E-state index is -1.54. The van der Waals surface area contributed by atoms with E-state index < -0.39 is 17.5 Å². The van der Waals surface area contributed by atoms with Gasteiger partial charge in [0.25, 0.3) is 5.56 Å². The summed E-state index contributed by atoms with van der Waals surface area (Å²) in [6, 6.07) is 4.64. The Morgan fingerprint density at radius 3 is 2.54 bits per heavy atom. The van der Waals surface area contributed by atoms with Crippen molar-refractivity contribution in [1.82, 2.24) is 14.5 Å². The van der Waals surface area contributed by atoms with Gasteiger partial charge in [-0.25, -0.2) is 18.2 Å².